The number of hydrogen-bond donors (Lipinski definition) is 2. The van der Waals surface area contributed by atoms with Crippen LogP contribution < -0.4 is 10.6 Å². The molecular formula is C44H50N10O2. The largest absolute Gasteiger partial charge is 0.324 e. The molecule has 0 bridgehead atoms. The predicted molar refractivity (Wildman–Crippen MR) is 223 cm³/mol. The number of aromatic nitrogens is 6. The summed E-state index contributed by atoms with van der Waals surface area (Å²) in [5.74, 6) is 2.73. The molecule has 0 spiro atoms. The Balaban J connectivity index is 0.000000172. The van der Waals surface area contributed by atoms with Crippen LogP contribution in [0.3, 0.4) is 0 Å². The molecule has 2 N–H and O–H groups in total. The van der Waals surface area contributed by atoms with Crippen molar-refractivity contribution in [2.75, 3.05) is 36.8 Å². The molecule has 4 amide bonds. The van der Waals surface area contributed by atoms with Gasteiger partial charge >= 0.3 is 12.1 Å². The zero-order valence-electron chi connectivity index (χ0n) is 33.1. The Bertz CT molecular complexity index is 2230. The van der Waals surface area contributed by atoms with E-state index in [1.807, 2.05) is 84.8 Å². The Morgan fingerprint density at radius 1 is 0.625 bits per heavy atom. The highest BCUT2D eigenvalue weighted by Crippen LogP contribution is 2.30. The molecule has 12 heteroatoms. The van der Waals surface area contributed by atoms with Gasteiger partial charge in [0.25, 0.3) is 0 Å². The van der Waals surface area contributed by atoms with Crippen LogP contribution in [0.4, 0.5) is 21.0 Å². The van der Waals surface area contributed by atoms with Crippen molar-refractivity contribution in [3.63, 3.8) is 0 Å². The summed E-state index contributed by atoms with van der Waals surface area (Å²) in [4.78, 5) is 55.5. The number of urea groups is 2. The molecule has 2 aromatic carbocycles. The van der Waals surface area contributed by atoms with Crippen molar-refractivity contribution in [1.29, 1.82) is 0 Å². The average molecular weight is 751 g/mol. The van der Waals surface area contributed by atoms with Crippen LogP contribution in [-0.4, -0.2) is 77.9 Å². The first kappa shape index (κ1) is 38.2. The second-order valence-corrected chi connectivity index (χ2v) is 15.2. The van der Waals surface area contributed by atoms with Crippen molar-refractivity contribution in [2.45, 2.75) is 67.2 Å². The second kappa shape index (κ2) is 16.8. The van der Waals surface area contributed by atoms with Crippen LogP contribution in [0.15, 0.2) is 73.3 Å². The Morgan fingerprint density at radius 3 is 1.43 bits per heavy atom. The maximum absolute atomic E-state index is 12.5. The SMILES string of the molecule is CCc1ncc2cc(-c3cc(NC(=O)N4CC[C@@H](C)C4)ccc3C)cnc2n1.CCc1ncc2cc(-c3cc(NC(=O)N4CC[C@H](C)C4)ccc3C)cnc2n1. The highest BCUT2D eigenvalue weighted by atomic mass is 16.2. The minimum Gasteiger partial charge on any atom is -0.324 e. The quantitative estimate of drug-likeness (QED) is 0.172. The van der Waals surface area contributed by atoms with Crippen molar-refractivity contribution >= 4 is 45.5 Å². The smallest absolute Gasteiger partial charge is 0.321 e. The lowest BCUT2D eigenvalue weighted by molar-refractivity contribution is 0.220. The van der Waals surface area contributed by atoms with Crippen LogP contribution in [0, 0.1) is 25.7 Å². The highest BCUT2D eigenvalue weighted by molar-refractivity contribution is 5.92. The molecule has 12 nitrogen and oxygen atoms in total. The molecule has 56 heavy (non-hydrogen) atoms. The number of anilines is 2. The van der Waals surface area contributed by atoms with Crippen LogP contribution in [0.2, 0.25) is 0 Å². The van der Waals surface area contributed by atoms with Gasteiger partial charge in [0.15, 0.2) is 11.3 Å². The summed E-state index contributed by atoms with van der Waals surface area (Å²) >= 11 is 0. The van der Waals surface area contributed by atoms with Gasteiger partial charge in [-0.3, -0.25) is 0 Å². The number of nitrogens with zero attached hydrogens (tertiary/aromatic N) is 8. The van der Waals surface area contributed by atoms with Gasteiger partial charge < -0.3 is 20.4 Å². The number of carbonyl (C=O) groups is 2. The Labute approximate surface area is 328 Å². The lowest BCUT2D eigenvalue weighted by Crippen LogP contribution is -2.32. The molecule has 0 saturated carbocycles. The highest BCUT2D eigenvalue weighted by Gasteiger charge is 2.24. The fraction of sp³-hybridized carbons (Fsp3) is 0.364. The zero-order chi connectivity index (χ0) is 39.3. The van der Waals surface area contributed by atoms with E-state index in [0.29, 0.717) is 23.1 Å². The fourth-order valence-electron chi connectivity index (χ4n) is 7.22. The monoisotopic (exact) mass is 750 g/mol. The number of carbonyl (C=O) groups excluding carboxylic acids is 2. The zero-order valence-corrected chi connectivity index (χ0v) is 33.1. The third-order valence-electron chi connectivity index (χ3n) is 10.6. The van der Waals surface area contributed by atoms with Crippen molar-refractivity contribution in [3.05, 3.63) is 96.1 Å². The van der Waals surface area contributed by atoms with Gasteiger partial charge in [0.1, 0.15) is 11.6 Å². The minimum absolute atomic E-state index is 0.0312. The molecule has 2 aliphatic rings. The molecule has 2 atom stereocenters. The number of rotatable bonds is 6. The van der Waals surface area contributed by atoms with E-state index < -0.39 is 0 Å². The van der Waals surface area contributed by atoms with Crippen LogP contribution >= 0.6 is 0 Å². The third kappa shape index (κ3) is 8.75. The normalized spacial score (nSPS) is 16.5. The van der Waals surface area contributed by atoms with Crippen LogP contribution in [0.1, 0.15) is 63.3 Å². The summed E-state index contributed by atoms with van der Waals surface area (Å²) < 4.78 is 0. The summed E-state index contributed by atoms with van der Waals surface area (Å²) in [6, 6.07) is 16.0. The molecule has 2 saturated heterocycles. The molecular weight excluding hydrogens is 701 g/mol. The van der Waals surface area contributed by atoms with Gasteiger partial charge in [-0.05, 0) is 97.2 Å². The van der Waals surface area contributed by atoms with Gasteiger partial charge in [0.05, 0.1) is 0 Å². The lowest BCUT2D eigenvalue weighted by atomic mass is 10.0. The van der Waals surface area contributed by atoms with Gasteiger partial charge in [-0.1, -0.05) is 39.8 Å². The van der Waals surface area contributed by atoms with E-state index in [9.17, 15) is 9.59 Å². The molecule has 0 aliphatic carbocycles. The predicted octanol–water partition coefficient (Wildman–Crippen LogP) is 8.87. The number of fused-ring (bicyclic) bond motifs is 2. The van der Waals surface area contributed by atoms with Gasteiger partial charge in [0, 0.05) is 97.1 Å². The number of nitrogens with one attached hydrogen (secondary N) is 2. The van der Waals surface area contributed by atoms with E-state index in [0.717, 1.165) is 119 Å². The molecule has 6 heterocycles. The summed E-state index contributed by atoms with van der Waals surface area (Å²) in [5.41, 5.74) is 9.32. The summed E-state index contributed by atoms with van der Waals surface area (Å²) in [6.07, 6.45) is 11.0. The number of aryl methyl sites for hydroxylation is 4. The molecule has 0 unspecified atom stereocenters. The minimum atomic E-state index is -0.0312. The maximum atomic E-state index is 12.5. The van der Waals surface area contributed by atoms with E-state index >= 15 is 0 Å². The van der Waals surface area contributed by atoms with E-state index in [1.165, 1.54) is 0 Å². The molecule has 6 aromatic rings. The standard InChI is InChI=1S/2C22H25N5O/c2*1-4-20-23-12-17-9-16(11-24-21(17)26-20)19-10-18(6-5-15(19)3)25-22(28)27-8-7-14(2)13-27/h2*5-6,9-12,14H,4,7-8,13H2,1-3H3,(H,25,28)/t2*14-/m10/s1. The molecule has 4 aromatic heterocycles. The van der Waals surface area contributed by atoms with Gasteiger partial charge in [-0.25, -0.2) is 39.5 Å². The van der Waals surface area contributed by atoms with Crippen molar-refractivity contribution in [3.8, 4) is 22.3 Å². The first-order chi connectivity index (χ1) is 27.1. The molecule has 2 fully saturated rings. The number of amides is 4. The summed E-state index contributed by atoms with van der Waals surface area (Å²) in [5, 5.41) is 7.90. The van der Waals surface area contributed by atoms with Crippen LogP contribution in [-0.2, 0) is 12.8 Å². The number of hydrogen-bond acceptors (Lipinski definition) is 8. The first-order valence-corrected chi connectivity index (χ1v) is 19.6. The molecule has 2 aliphatic heterocycles. The molecule has 0 radical (unpaired) electrons. The Hall–Kier alpha value is -6.04. The third-order valence-corrected chi connectivity index (χ3v) is 10.6. The van der Waals surface area contributed by atoms with Gasteiger partial charge in [0.2, 0.25) is 0 Å². The van der Waals surface area contributed by atoms with Crippen LogP contribution in [0.5, 0.6) is 0 Å². The second-order valence-electron chi connectivity index (χ2n) is 15.2. The Morgan fingerprint density at radius 2 is 1.05 bits per heavy atom. The number of pyridine rings is 2. The van der Waals surface area contributed by atoms with Crippen LogP contribution in [0.25, 0.3) is 44.3 Å². The number of likely N-dealkylation sites (tertiary alicyclic amines) is 2. The van der Waals surface area contributed by atoms with Gasteiger partial charge in [-0.2, -0.15) is 0 Å². The summed E-state index contributed by atoms with van der Waals surface area (Å²) in [6.45, 7) is 15.8. The van der Waals surface area contributed by atoms with E-state index in [1.54, 1.807) is 0 Å². The average Bonchev–Trinajstić information content (AvgIpc) is 3.87. The van der Waals surface area contributed by atoms with Crippen molar-refractivity contribution < 1.29 is 9.59 Å². The molecule has 288 valence electrons. The summed E-state index contributed by atoms with van der Waals surface area (Å²) in [7, 11) is 0. The fourth-order valence-corrected chi connectivity index (χ4v) is 7.22. The first-order valence-electron chi connectivity index (χ1n) is 19.6. The van der Waals surface area contributed by atoms with Gasteiger partial charge in [-0.15, -0.1) is 0 Å². The van der Waals surface area contributed by atoms with E-state index in [4.69, 9.17) is 0 Å². The lowest BCUT2D eigenvalue weighted by Gasteiger charge is -2.17. The van der Waals surface area contributed by atoms with Crippen molar-refractivity contribution in [1.82, 2.24) is 39.7 Å². The van der Waals surface area contributed by atoms with E-state index in [-0.39, 0.29) is 12.1 Å². The molecule has 8 rings (SSSR count). The maximum Gasteiger partial charge on any atom is 0.321 e. The number of benzene rings is 2. The van der Waals surface area contributed by atoms with E-state index in [2.05, 4.69) is 80.4 Å². The topological polar surface area (TPSA) is 142 Å². The Kier molecular flexibility index (Phi) is 11.4. The van der Waals surface area contributed by atoms with Crippen molar-refractivity contribution in [2.24, 2.45) is 11.8 Å².